The Hall–Kier alpha value is 0.0900. The number of hydrogen-bond acceptors (Lipinski definition) is 1. The second-order valence-corrected chi connectivity index (χ2v) is 8.32. The van der Waals surface area contributed by atoms with E-state index in [1.807, 2.05) is 0 Å². The van der Waals surface area contributed by atoms with Gasteiger partial charge in [0.15, 0.2) is 0 Å². The highest BCUT2D eigenvalue weighted by Crippen LogP contribution is 2.65. The first-order valence-electron chi connectivity index (χ1n) is 6.75. The van der Waals surface area contributed by atoms with Crippen LogP contribution in [0.5, 0.6) is 0 Å². The normalized spacial score (nSPS) is 50.2. The van der Waals surface area contributed by atoms with E-state index < -0.39 is 0 Å². The van der Waals surface area contributed by atoms with Crippen LogP contribution in [-0.2, 0) is 0 Å². The lowest BCUT2D eigenvalue weighted by Crippen LogP contribution is -2.50. The van der Waals surface area contributed by atoms with Gasteiger partial charge in [0.1, 0.15) is 0 Å². The standard InChI is InChI=1S/C15H24S/c1-10-11-9-16-12(10)8-13-14(2,3)6-5-7-15(11,13)4/h11-13H,1,5-9H2,2-4H3. The Bertz CT molecular complexity index is 330. The van der Waals surface area contributed by atoms with Crippen LogP contribution in [0.1, 0.15) is 46.5 Å². The highest BCUT2D eigenvalue weighted by molar-refractivity contribution is 8.00. The van der Waals surface area contributed by atoms with Crippen molar-refractivity contribution in [3.05, 3.63) is 12.2 Å². The van der Waals surface area contributed by atoms with Crippen LogP contribution in [0.15, 0.2) is 12.2 Å². The van der Waals surface area contributed by atoms with Crippen molar-refractivity contribution in [1.82, 2.24) is 0 Å². The topological polar surface area (TPSA) is 0 Å². The van der Waals surface area contributed by atoms with Gasteiger partial charge in [-0.2, -0.15) is 11.8 Å². The van der Waals surface area contributed by atoms with E-state index in [0.717, 1.165) is 17.1 Å². The van der Waals surface area contributed by atoms with Crippen molar-refractivity contribution in [3.8, 4) is 0 Å². The van der Waals surface area contributed by atoms with E-state index in [-0.39, 0.29) is 0 Å². The summed E-state index contributed by atoms with van der Waals surface area (Å²) in [7, 11) is 0. The largest absolute Gasteiger partial charge is 0.153 e. The van der Waals surface area contributed by atoms with E-state index in [4.69, 9.17) is 0 Å². The van der Waals surface area contributed by atoms with Crippen molar-refractivity contribution in [2.75, 3.05) is 5.75 Å². The van der Waals surface area contributed by atoms with Gasteiger partial charge in [-0.05, 0) is 41.9 Å². The van der Waals surface area contributed by atoms with Crippen molar-refractivity contribution in [2.45, 2.75) is 51.7 Å². The maximum absolute atomic E-state index is 4.40. The molecule has 3 fully saturated rings. The molecule has 0 aromatic heterocycles. The van der Waals surface area contributed by atoms with Gasteiger partial charge in [-0.1, -0.05) is 39.3 Å². The van der Waals surface area contributed by atoms with Crippen LogP contribution in [0.2, 0.25) is 0 Å². The molecule has 0 nitrogen and oxygen atoms in total. The molecule has 3 aliphatic rings. The first-order chi connectivity index (χ1) is 7.45. The van der Waals surface area contributed by atoms with Gasteiger partial charge < -0.3 is 0 Å². The summed E-state index contributed by atoms with van der Waals surface area (Å²) in [5.41, 5.74) is 2.72. The van der Waals surface area contributed by atoms with E-state index in [1.165, 1.54) is 31.4 Å². The van der Waals surface area contributed by atoms with E-state index in [9.17, 15) is 0 Å². The summed E-state index contributed by atoms with van der Waals surface area (Å²) in [5, 5.41) is 0.792. The predicted octanol–water partition coefficient (Wildman–Crippen LogP) is 4.51. The lowest BCUT2D eigenvalue weighted by molar-refractivity contribution is -0.0402. The minimum Gasteiger partial charge on any atom is -0.153 e. The van der Waals surface area contributed by atoms with E-state index in [2.05, 4.69) is 39.1 Å². The maximum Gasteiger partial charge on any atom is 0.0260 e. The lowest BCUT2D eigenvalue weighted by Gasteiger charge is -2.56. The molecular formula is C15H24S. The van der Waals surface area contributed by atoms with Gasteiger partial charge in [-0.15, -0.1) is 0 Å². The minimum absolute atomic E-state index is 0.565. The fourth-order valence-corrected chi connectivity index (χ4v) is 6.60. The summed E-state index contributed by atoms with van der Waals surface area (Å²) >= 11 is 2.19. The number of fused-ring (bicyclic) bond motifs is 4. The average Bonchev–Trinajstić information content (AvgIpc) is 2.44. The molecule has 4 atom stereocenters. The van der Waals surface area contributed by atoms with Crippen LogP contribution in [0.25, 0.3) is 0 Å². The molecule has 0 N–H and O–H groups in total. The van der Waals surface area contributed by atoms with E-state index in [1.54, 1.807) is 5.57 Å². The number of hydrogen-bond donors (Lipinski definition) is 0. The van der Waals surface area contributed by atoms with E-state index in [0.29, 0.717) is 10.8 Å². The Morgan fingerprint density at radius 1 is 1.25 bits per heavy atom. The Morgan fingerprint density at radius 3 is 2.75 bits per heavy atom. The highest BCUT2D eigenvalue weighted by Gasteiger charge is 2.57. The first-order valence-corrected chi connectivity index (χ1v) is 7.80. The van der Waals surface area contributed by atoms with Crippen LogP contribution in [-0.4, -0.2) is 11.0 Å². The molecule has 0 spiro atoms. The Morgan fingerprint density at radius 2 is 2.00 bits per heavy atom. The van der Waals surface area contributed by atoms with Crippen LogP contribution in [0, 0.1) is 22.7 Å². The molecule has 0 aromatic rings. The molecule has 3 rings (SSSR count). The Kier molecular flexibility index (Phi) is 2.32. The maximum atomic E-state index is 4.40. The summed E-state index contributed by atoms with van der Waals surface area (Å²) in [4.78, 5) is 0. The molecule has 2 aliphatic carbocycles. The molecule has 1 heteroatoms. The Balaban J connectivity index is 2.02. The van der Waals surface area contributed by atoms with Gasteiger partial charge in [-0.3, -0.25) is 0 Å². The summed E-state index contributed by atoms with van der Waals surface area (Å²) in [6, 6.07) is 0. The average molecular weight is 236 g/mol. The van der Waals surface area contributed by atoms with Crippen molar-refractivity contribution in [2.24, 2.45) is 22.7 Å². The zero-order valence-electron chi connectivity index (χ0n) is 10.9. The van der Waals surface area contributed by atoms with Crippen LogP contribution in [0.4, 0.5) is 0 Å². The summed E-state index contributed by atoms with van der Waals surface area (Å²) in [5.74, 6) is 3.11. The number of rotatable bonds is 0. The zero-order chi connectivity index (χ0) is 11.6. The summed E-state index contributed by atoms with van der Waals surface area (Å²) in [6.45, 7) is 12.0. The molecule has 90 valence electrons. The molecular weight excluding hydrogens is 212 g/mol. The highest BCUT2D eigenvalue weighted by atomic mass is 32.2. The molecule has 2 saturated carbocycles. The molecule has 16 heavy (non-hydrogen) atoms. The summed E-state index contributed by atoms with van der Waals surface area (Å²) in [6.07, 6.45) is 5.71. The molecule has 0 amide bonds. The van der Waals surface area contributed by atoms with Crippen LogP contribution < -0.4 is 0 Å². The first kappa shape index (κ1) is 11.2. The molecule has 2 bridgehead atoms. The SMILES string of the molecule is C=C1C2CC3C(C)(C)CCCC3(C)C1CS2. The second kappa shape index (κ2) is 3.31. The van der Waals surface area contributed by atoms with Crippen molar-refractivity contribution >= 4 is 11.8 Å². The van der Waals surface area contributed by atoms with Crippen molar-refractivity contribution in [1.29, 1.82) is 0 Å². The van der Waals surface area contributed by atoms with Crippen LogP contribution >= 0.6 is 11.8 Å². The molecule has 4 unspecified atom stereocenters. The smallest absolute Gasteiger partial charge is 0.0260 e. The van der Waals surface area contributed by atoms with Gasteiger partial charge in [0.05, 0.1) is 0 Å². The van der Waals surface area contributed by atoms with Crippen LogP contribution in [0.3, 0.4) is 0 Å². The third-order valence-corrected chi connectivity index (χ3v) is 7.27. The molecule has 1 aliphatic heterocycles. The summed E-state index contributed by atoms with van der Waals surface area (Å²) < 4.78 is 0. The second-order valence-electron chi connectivity index (χ2n) is 7.09. The fourth-order valence-electron chi connectivity index (χ4n) is 4.87. The third-order valence-electron chi connectivity index (χ3n) is 5.85. The number of thioether (sulfide) groups is 1. The predicted molar refractivity (Wildman–Crippen MR) is 72.7 cm³/mol. The lowest BCUT2D eigenvalue weighted by atomic mass is 9.48. The molecule has 0 aromatic carbocycles. The van der Waals surface area contributed by atoms with Gasteiger partial charge in [0.25, 0.3) is 0 Å². The third kappa shape index (κ3) is 1.30. The molecule has 0 radical (unpaired) electrons. The fraction of sp³-hybridized carbons (Fsp3) is 0.867. The molecule has 1 heterocycles. The van der Waals surface area contributed by atoms with E-state index >= 15 is 0 Å². The zero-order valence-corrected chi connectivity index (χ0v) is 11.7. The molecule has 1 saturated heterocycles. The van der Waals surface area contributed by atoms with Gasteiger partial charge in [0.2, 0.25) is 0 Å². The minimum atomic E-state index is 0.565. The van der Waals surface area contributed by atoms with Crippen molar-refractivity contribution in [3.63, 3.8) is 0 Å². The quantitative estimate of drug-likeness (QED) is 0.558. The monoisotopic (exact) mass is 236 g/mol. The Labute approximate surface area is 104 Å². The van der Waals surface area contributed by atoms with Crippen molar-refractivity contribution < 1.29 is 0 Å². The van der Waals surface area contributed by atoms with Gasteiger partial charge in [0, 0.05) is 11.0 Å². The van der Waals surface area contributed by atoms with Gasteiger partial charge >= 0.3 is 0 Å². The van der Waals surface area contributed by atoms with Gasteiger partial charge in [-0.25, -0.2) is 0 Å².